The van der Waals surface area contributed by atoms with Crippen LogP contribution in [0.2, 0.25) is 0 Å². The second kappa shape index (κ2) is 11.4. The predicted octanol–water partition coefficient (Wildman–Crippen LogP) is 6.82. The van der Waals surface area contributed by atoms with Gasteiger partial charge in [-0.3, -0.25) is 4.90 Å². The van der Waals surface area contributed by atoms with E-state index in [0.29, 0.717) is 23.4 Å². The SMILES string of the molecule is Cc1cccc(C)c1-c1cc2nc(n1)NS(=O)(=O)c1cccc(c1)C1C[C@@H](CN(CC(C)(C)C)C[C@@H]1CC(C)C)O2. The van der Waals surface area contributed by atoms with Gasteiger partial charge in [-0.15, -0.1) is 0 Å². The molecule has 3 aromatic rings. The Labute approximate surface area is 245 Å². The standard InChI is InChI=1S/C33H44N4O3S/c1-21(2)14-25-18-37(20-33(5,6)7)19-26-16-28(25)24-12-9-13-27(15-24)41(38,39)36-32-34-29(17-30(35-32)40-26)31-22(3)10-8-11-23(31)4/h8-13,15,17,21,25-26,28H,14,16,18-20H2,1-7H3,(H,34,35,36)/t25-,26-,28?/m0/s1. The first-order chi connectivity index (χ1) is 19.3. The number of rotatable bonds is 4. The molecule has 2 aliphatic rings. The fourth-order valence-corrected chi connectivity index (χ4v) is 7.65. The molecule has 0 radical (unpaired) electrons. The lowest BCUT2D eigenvalue weighted by molar-refractivity contribution is 0.110. The van der Waals surface area contributed by atoms with Crippen molar-refractivity contribution >= 4 is 16.0 Å². The highest BCUT2D eigenvalue weighted by atomic mass is 32.2. The Hall–Kier alpha value is -2.97. The number of benzene rings is 2. The molecular formula is C33H44N4O3S. The van der Waals surface area contributed by atoms with Crippen molar-refractivity contribution in [1.82, 2.24) is 14.9 Å². The Kier molecular flexibility index (Phi) is 8.18. The molecule has 1 aromatic heterocycles. The molecule has 2 aromatic carbocycles. The van der Waals surface area contributed by atoms with Crippen LogP contribution in [0.25, 0.3) is 11.3 Å². The summed E-state index contributed by atoms with van der Waals surface area (Å²) >= 11 is 0. The Morgan fingerprint density at radius 1 is 1.02 bits per heavy atom. The quantitative estimate of drug-likeness (QED) is 0.367. The van der Waals surface area contributed by atoms with E-state index in [0.717, 1.165) is 54.7 Å². The van der Waals surface area contributed by atoms with Crippen molar-refractivity contribution in [2.75, 3.05) is 24.4 Å². The van der Waals surface area contributed by atoms with Gasteiger partial charge in [0.1, 0.15) is 6.10 Å². The topological polar surface area (TPSA) is 84.4 Å². The first-order valence-corrected chi connectivity index (χ1v) is 16.2. The highest BCUT2D eigenvalue weighted by Crippen LogP contribution is 2.40. The van der Waals surface area contributed by atoms with Gasteiger partial charge in [0.05, 0.1) is 10.6 Å². The smallest absolute Gasteiger partial charge is 0.264 e. The lowest BCUT2D eigenvalue weighted by Gasteiger charge is -2.33. The zero-order valence-electron chi connectivity index (χ0n) is 25.4. The normalized spacial score (nSPS) is 22.6. The van der Waals surface area contributed by atoms with Crippen molar-refractivity contribution in [1.29, 1.82) is 0 Å². The van der Waals surface area contributed by atoms with Crippen molar-refractivity contribution in [3.05, 3.63) is 65.2 Å². The number of fused-ring (bicyclic) bond motifs is 7. The number of likely N-dealkylation sites (tertiary alicyclic amines) is 1. The first-order valence-electron chi connectivity index (χ1n) is 14.7. The summed E-state index contributed by atoms with van der Waals surface area (Å²) in [6, 6.07) is 15.4. The van der Waals surface area contributed by atoms with E-state index in [1.54, 1.807) is 6.07 Å². The summed E-state index contributed by atoms with van der Waals surface area (Å²) in [6.07, 6.45) is 1.72. The molecule has 0 amide bonds. The second-order valence-corrected chi connectivity index (χ2v) is 15.3. The Morgan fingerprint density at radius 3 is 2.41 bits per heavy atom. The number of hydrogen-bond acceptors (Lipinski definition) is 6. The van der Waals surface area contributed by atoms with Crippen LogP contribution in [0, 0.1) is 31.1 Å². The average molecular weight is 577 g/mol. The average Bonchev–Trinajstić information content (AvgIpc) is 3.00. The molecule has 3 heterocycles. The summed E-state index contributed by atoms with van der Waals surface area (Å²) in [6.45, 7) is 18.1. The van der Waals surface area contributed by atoms with Crippen LogP contribution in [0.3, 0.4) is 0 Å². The molecule has 1 N–H and O–H groups in total. The van der Waals surface area contributed by atoms with Crippen molar-refractivity contribution in [3.63, 3.8) is 0 Å². The molecule has 6 bridgehead atoms. The molecule has 0 spiro atoms. The molecule has 7 nitrogen and oxygen atoms in total. The first kappa shape index (κ1) is 29.5. The summed E-state index contributed by atoms with van der Waals surface area (Å²) in [7, 11) is -3.92. The minimum absolute atomic E-state index is 0.0144. The van der Waals surface area contributed by atoms with Gasteiger partial charge in [-0.1, -0.05) is 65.0 Å². The molecule has 220 valence electrons. The maximum atomic E-state index is 13.6. The molecule has 5 rings (SSSR count). The number of nitrogens with zero attached hydrogens (tertiary/aromatic N) is 3. The molecule has 41 heavy (non-hydrogen) atoms. The third-order valence-corrected chi connectivity index (χ3v) is 9.39. The Balaban J connectivity index is 1.67. The zero-order chi connectivity index (χ0) is 29.5. The molecule has 1 unspecified atom stereocenters. The van der Waals surface area contributed by atoms with Gasteiger partial charge in [-0.2, -0.15) is 4.98 Å². The third-order valence-electron chi connectivity index (χ3n) is 8.06. The zero-order valence-corrected chi connectivity index (χ0v) is 26.3. The summed E-state index contributed by atoms with van der Waals surface area (Å²) in [5.74, 6) is 1.45. The Morgan fingerprint density at radius 2 is 1.73 bits per heavy atom. The van der Waals surface area contributed by atoms with Gasteiger partial charge in [0.25, 0.3) is 10.0 Å². The van der Waals surface area contributed by atoms with E-state index in [9.17, 15) is 8.42 Å². The van der Waals surface area contributed by atoms with Crippen molar-refractivity contribution in [2.24, 2.45) is 17.3 Å². The van der Waals surface area contributed by atoms with Gasteiger partial charge in [0.15, 0.2) is 0 Å². The van der Waals surface area contributed by atoms with Crippen LogP contribution in [-0.2, 0) is 10.0 Å². The van der Waals surface area contributed by atoms with Gasteiger partial charge >= 0.3 is 0 Å². The van der Waals surface area contributed by atoms with E-state index in [-0.39, 0.29) is 28.3 Å². The highest BCUT2D eigenvalue weighted by molar-refractivity contribution is 7.92. The van der Waals surface area contributed by atoms with Gasteiger partial charge in [-0.05, 0) is 78.7 Å². The van der Waals surface area contributed by atoms with Gasteiger partial charge < -0.3 is 4.74 Å². The summed E-state index contributed by atoms with van der Waals surface area (Å²) < 4.78 is 36.7. The fourth-order valence-electron chi connectivity index (χ4n) is 6.65. The predicted molar refractivity (Wildman–Crippen MR) is 165 cm³/mol. The minimum Gasteiger partial charge on any atom is -0.473 e. The molecule has 1 saturated heterocycles. The number of anilines is 1. The summed E-state index contributed by atoms with van der Waals surface area (Å²) in [4.78, 5) is 12.0. The molecule has 0 saturated carbocycles. The van der Waals surface area contributed by atoms with Crippen LogP contribution in [-0.4, -0.2) is 49.0 Å². The van der Waals surface area contributed by atoms with Crippen LogP contribution in [0.5, 0.6) is 5.88 Å². The lowest BCUT2D eigenvalue weighted by Crippen LogP contribution is -2.40. The molecule has 1 fully saturated rings. The number of aryl methyl sites for hydroxylation is 2. The van der Waals surface area contributed by atoms with Crippen molar-refractivity contribution in [3.8, 4) is 17.1 Å². The summed E-state index contributed by atoms with van der Waals surface area (Å²) in [5, 5.41) is 0. The third kappa shape index (κ3) is 6.92. The molecule has 0 aliphatic carbocycles. The molecule has 3 atom stereocenters. The largest absolute Gasteiger partial charge is 0.473 e. The number of nitrogens with one attached hydrogen (secondary N) is 1. The van der Waals surface area contributed by atoms with Crippen molar-refractivity contribution < 1.29 is 13.2 Å². The van der Waals surface area contributed by atoms with E-state index < -0.39 is 10.0 Å². The van der Waals surface area contributed by atoms with Crippen LogP contribution in [0.15, 0.2) is 53.4 Å². The number of aromatic nitrogens is 2. The van der Waals surface area contributed by atoms with E-state index in [1.807, 2.05) is 50.2 Å². The van der Waals surface area contributed by atoms with Gasteiger partial charge in [-0.25, -0.2) is 18.1 Å². The van der Waals surface area contributed by atoms with Crippen LogP contribution < -0.4 is 9.46 Å². The number of ether oxygens (including phenoxy) is 1. The second-order valence-electron chi connectivity index (χ2n) is 13.6. The maximum Gasteiger partial charge on any atom is 0.264 e. The van der Waals surface area contributed by atoms with Crippen LogP contribution in [0.1, 0.15) is 70.1 Å². The fraction of sp³-hybridized carbons (Fsp3) is 0.515. The highest BCUT2D eigenvalue weighted by Gasteiger charge is 2.36. The van der Waals surface area contributed by atoms with E-state index in [4.69, 9.17) is 4.74 Å². The van der Waals surface area contributed by atoms with Crippen LogP contribution in [0.4, 0.5) is 5.95 Å². The summed E-state index contributed by atoms with van der Waals surface area (Å²) in [5.41, 5.74) is 4.89. The van der Waals surface area contributed by atoms with E-state index >= 15 is 0 Å². The van der Waals surface area contributed by atoms with E-state index in [1.165, 1.54) is 0 Å². The Bertz CT molecular complexity index is 1490. The maximum absolute atomic E-state index is 13.6. The van der Waals surface area contributed by atoms with Crippen molar-refractivity contribution in [2.45, 2.75) is 78.2 Å². The minimum atomic E-state index is -3.92. The molecule has 2 aliphatic heterocycles. The van der Waals surface area contributed by atoms with E-state index in [2.05, 4.69) is 60.3 Å². The number of hydrogen-bond donors (Lipinski definition) is 1. The van der Waals surface area contributed by atoms with Gasteiger partial charge in [0.2, 0.25) is 11.8 Å². The lowest BCUT2D eigenvalue weighted by atomic mass is 9.78. The monoisotopic (exact) mass is 576 g/mol. The van der Waals surface area contributed by atoms with Crippen LogP contribution >= 0.6 is 0 Å². The molecule has 8 heteroatoms. The number of sulfonamides is 1. The molecular weight excluding hydrogens is 532 g/mol. The van der Waals surface area contributed by atoms with Gasteiger partial charge in [0, 0.05) is 31.3 Å².